The van der Waals surface area contributed by atoms with E-state index in [9.17, 15) is 22.4 Å². The zero-order valence-corrected chi connectivity index (χ0v) is 9.29. The third-order valence-corrected chi connectivity index (χ3v) is 2.28. The molecule has 0 saturated heterocycles. The molecule has 2 rings (SSSR count). The molecule has 0 saturated carbocycles. The van der Waals surface area contributed by atoms with Crippen molar-refractivity contribution in [3.05, 3.63) is 52.7 Å². The van der Waals surface area contributed by atoms with Crippen LogP contribution in [0, 0.1) is 5.82 Å². The Hall–Kier alpha value is -2.31. The van der Waals surface area contributed by atoms with Crippen LogP contribution in [0.15, 0.2) is 41.3 Å². The van der Waals surface area contributed by atoms with Gasteiger partial charge in [0, 0.05) is 23.4 Å². The van der Waals surface area contributed by atoms with Gasteiger partial charge >= 0.3 is 6.36 Å². The largest absolute Gasteiger partial charge is 0.573 e. The van der Waals surface area contributed by atoms with E-state index in [1.807, 2.05) is 0 Å². The Kier molecular flexibility index (Phi) is 3.28. The molecule has 1 heterocycles. The Morgan fingerprint density at radius 3 is 2.47 bits per heavy atom. The maximum absolute atomic E-state index is 13.6. The van der Waals surface area contributed by atoms with Crippen molar-refractivity contribution in [2.24, 2.45) is 0 Å². The molecule has 0 spiro atoms. The topological polar surface area (TPSA) is 42.1 Å². The number of rotatable bonds is 2. The highest BCUT2D eigenvalue weighted by Crippen LogP contribution is 2.34. The second-order valence-corrected chi connectivity index (χ2v) is 3.60. The fraction of sp³-hybridized carbons (Fsp3) is 0.0833. The number of aromatic amines is 1. The van der Waals surface area contributed by atoms with Gasteiger partial charge in [0.1, 0.15) is 11.6 Å². The molecule has 1 aromatic carbocycles. The second-order valence-electron chi connectivity index (χ2n) is 3.60. The van der Waals surface area contributed by atoms with Gasteiger partial charge in [-0.15, -0.1) is 13.2 Å². The number of H-pyrrole nitrogens is 1. The molecule has 2 aromatic rings. The van der Waals surface area contributed by atoms with Crippen molar-refractivity contribution in [3.63, 3.8) is 0 Å². The highest BCUT2D eigenvalue weighted by atomic mass is 19.4. The van der Waals surface area contributed by atoms with Crippen LogP contribution in [0.1, 0.15) is 0 Å². The minimum Gasteiger partial charge on any atom is -0.405 e. The number of hydrogen-bond acceptors (Lipinski definition) is 2. The first-order valence-corrected chi connectivity index (χ1v) is 5.10. The van der Waals surface area contributed by atoms with E-state index in [0.29, 0.717) is 0 Å². The fourth-order valence-corrected chi connectivity index (χ4v) is 1.56. The van der Waals surface area contributed by atoms with Crippen LogP contribution in [0.2, 0.25) is 0 Å². The van der Waals surface area contributed by atoms with Gasteiger partial charge < -0.3 is 9.72 Å². The molecule has 0 bridgehead atoms. The molecule has 1 aromatic heterocycles. The molecule has 0 atom stereocenters. The summed E-state index contributed by atoms with van der Waals surface area (Å²) in [4.78, 5) is 13.2. The number of alkyl halides is 3. The monoisotopic (exact) mass is 273 g/mol. The van der Waals surface area contributed by atoms with E-state index in [2.05, 4.69) is 9.72 Å². The smallest absolute Gasteiger partial charge is 0.405 e. The van der Waals surface area contributed by atoms with Crippen molar-refractivity contribution in [1.29, 1.82) is 0 Å². The summed E-state index contributed by atoms with van der Waals surface area (Å²) < 4.78 is 54.1. The lowest BCUT2D eigenvalue weighted by Gasteiger charge is -2.13. The first-order chi connectivity index (χ1) is 8.87. The third kappa shape index (κ3) is 3.12. The lowest BCUT2D eigenvalue weighted by atomic mass is 10.1. The molecule has 1 N–H and O–H groups in total. The molecule has 0 aliphatic heterocycles. The molecular formula is C12H7F4NO2. The van der Waals surface area contributed by atoms with Gasteiger partial charge in [-0.1, -0.05) is 18.2 Å². The third-order valence-electron chi connectivity index (χ3n) is 2.28. The number of halogens is 4. The molecule has 7 heteroatoms. The zero-order chi connectivity index (χ0) is 14.0. The van der Waals surface area contributed by atoms with Crippen molar-refractivity contribution in [3.8, 4) is 16.9 Å². The number of hydrogen-bond donors (Lipinski definition) is 1. The maximum atomic E-state index is 13.6. The molecular weight excluding hydrogens is 266 g/mol. The Balaban J connectivity index is 2.56. The molecule has 0 radical (unpaired) electrons. The van der Waals surface area contributed by atoms with E-state index >= 15 is 0 Å². The number of benzene rings is 1. The van der Waals surface area contributed by atoms with Gasteiger partial charge in [0.15, 0.2) is 0 Å². The highest BCUT2D eigenvalue weighted by molar-refractivity contribution is 5.70. The van der Waals surface area contributed by atoms with Crippen LogP contribution in [0.4, 0.5) is 17.6 Å². The Bertz CT molecular complexity index is 649. The number of nitrogens with one attached hydrogen (secondary N) is 1. The Morgan fingerprint density at radius 1 is 1.11 bits per heavy atom. The number of aromatic nitrogens is 1. The molecule has 19 heavy (non-hydrogen) atoms. The lowest BCUT2D eigenvalue weighted by molar-refractivity contribution is -0.274. The van der Waals surface area contributed by atoms with Crippen molar-refractivity contribution >= 4 is 0 Å². The zero-order valence-electron chi connectivity index (χ0n) is 9.29. The van der Waals surface area contributed by atoms with Gasteiger partial charge in [-0.2, -0.15) is 0 Å². The minimum atomic E-state index is -4.90. The van der Waals surface area contributed by atoms with E-state index in [1.54, 1.807) is 0 Å². The normalized spacial score (nSPS) is 11.4. The van der Waals surface area contributed by atoms with Crippen molar-refractivity contribution in [2.45, 2.75) is 6.36 Å². The predicted octanol–water partition coefficient (Wildman–Crippen LogP) is 3.08. The highest BCUT2D eigenvalue weighted by Gasteiger charge is 2.32. The lowest BCUT2D eigenvalue weighted by Crippen LogP contribution is -2.17. The van der Waals surface area contributed by atoms with E-state index < -0.39 is 23.5 Å². The summed E-state index contributed by atoms with van der Waals surface area (Å²) in [5.74, 6) is -1.42. The van der Waals surface area contributed by atoms with Crippen molar-refractivity contribution in [2.75, 3.05) is 0 Å². The van der Waals surface area contributed by atoms with Crippen LogP contribution in [0.25, 0.3) is 11.1 Å². The standard InChI is InChI=1S/C12H7F4NO2/c13-9-6-17-11(18)5-8(9)7-3-1-2-4-10(7)19-12(14,15)16/h1-6H,(H,17,18). The van der Waals surface area contributed by atoms with Gasteiger partial charge in [0.25, 0.3) is 0 Å². The van der Waals surface area contributed by atoms with Crippen LogP contribution in [0.5, 0.6) is 5.75 Å². The van der Waals surface area contributed by atoms with Crippen molar-refractivity contribution in [1.82, 2.24) is 4.98 Å². The van der Waals surface area contributed by atoms with E-state index in [0.717, 1.165) is 18.3 Å². The Morgan fingerprint density at radius 2 is 1.79 bits per heavy atom. The quantitative estimate of drug-likeness (QED) is 0.854. The van der Waals surface area contributed by atoms with Crippen molar-refractivity contribution < 1.29 is 22.3 Å². The SMILES string of the molecule is O=c1cc(-c2ccccc2OC(F)(F)F)c(F)c[nH]1. The summed E-state index contributed by atoms with van der Waals surface area (Å²) in [6.45, 7) is 0. The van der Waals surface area contributed by atoms with E-state index in [1.165, 1.54) is 18.2 Å². The van der Waals surface area contributed by atoms with Crippen LogP contribution < -0.4 is 10.3 Å². The van der Waals surface area contributed by atoms with E-state index in [4.69, 9.17) is 0 Å². The fourth-order valence-electron chi connectivity index (χ4n) is 1.56. The summed E-state index contributed by atoms with van der Waals surface area (Å²) in [6, 6.07) is 5.88. The van der Waals surface area contributed by atoms with Gasteiger partial charge in [-0.25, -0.2) is 4.39 Å². The molecule has 0 aliphatic rings. The average Bonchev–Trinajstić information content (AvgIpc) is 2.31. The van der Waals surface area contributed by atoms with E-state index in [-0.39, 0.29) is 11.1 Å². The summed E-state index contributed by atoms with van der Waals surface area (Å²) in [5, 5.41) is 0. The average molecular weight is 273 g/mol. The second kappa shape index (κ2) is 4.75. The minimum absolute atomic E-state index is 0.150. The Labute approximate surface area is 104 Å². The molecule has 3 nitrogen and oxygen atoms in total. The number of ether oxygens (including phenoxy) is 1. The summed E-state index contributed by atoms with van der Waals surface area (Å²) in [6.07, 6.45) is -4.12. The molecule has 100 valence electrons. The predicted molar refractivity (Wildman–Crippen MR) is 59.1 cm³/mol. The number of pyridine rings is 1. The van der Waals surface area contributed by atoms with Gasteiger partial charge in [0.05, 0.1) is 0 Å². The summed E-state index contributed by atoms with van der Waals surface area (Å²) >= 11 is 0. The maximum Gasteiger partial charge on any atom is 0.573 e. The molecule has 0 unspecified atom stereocenters. The first-order valence-electron chi connectivity index (χ1n) is 5.10. The molecule has 0 fully saturated rings. The summed E-state index contributed by atoms with van der Waals surface area (Å²) in [7, 11) is 0. The van der Waals surface area contributed by atoms with Crippen LogP contribution in [-0.4, -0.2) is 11.3 Å². The van der Waals surface area contributed by atoms with Crippen LogP contribution >= 0.6 is 0 Å². The number of para-hydroxylation sites is 1. The van der Waals surface area contributed by atoms with Gasteiger partial charge in [0.2, 0.25) is 5.56 Å². The van der Waals surface area contributed by atoms with Crippen LogP contribution in [0.3, 0.4) is 0 Å². The van der Waals surface area contributed by atoms with Crippen LogP contribution in [-0.2, 0) is 0 Å². The van der Waals surface area contributed by atoms with Gasteiger partial charge in [-0.3, -0.25) is 4.79 Å². The molecule has 0 amide bonds. The molecule has 0 aliphatic carbocycles. The first kappa shape index (κ1) is 13.1. The summed E-state index contributed by atoms with van der Waals surface area (Å²) in [5.41, 5.74) is -1.04. The van der Waals surface area contributed by atoms with Gasteiger partial charge in [-0.05, 0) is 6.07 Å².